The maximum Gasteiger partial charge on any atom is 0.253 e. The van der Waals surface area contributed by atoms with Gasteiger partial charge in [-0.05, 0) is 31.5 Å². The maximum absolute atomic E-state index is 12.3. The number of halogens is 2. The minimum atomic E-state index is -0.703. The van der Waals surface area contributed by atoms with Crippen LogP contribution < -0.4 is 5.48 Å². The highest BCUT2D eigenvalue weighted by Crippen LogP contribution is 2.25. The van der Waals surface area contributed by atoms with E-state index in [1.165, 1.54) is 0 Å². The van der Waals surface area contributed by atoms with Crippen molar-refractivity contribution >= 4 is 29.1 Å². The van der Waals surface area contributed by atoms with Gasteiger partial charge in [0.25, 0.3) is 5.91 Å². The molecule has 22 heavy (non-hydrogen) atoms. The molecule has 116 valence electrons. The van der Waals surface area contributed by atoms with Gasteiger partial charge in [-0.2, -0.15) is 0 Å². The van der Waals surface area contributed by atoms with Crippen molar-refractivity contribution in [2.75, 3.05) is 0 Å². The molecule has 0 saturated carbocycles. The number of carbonyl (C=O) groups is 1. The summed E-state index contributed by atoms with van der Waals surface area (Å²) in [5.74, 6) is -0.234. The van der Waals surface area contributed by atoms with Crippen LogP contribution in [0.4, 0.5) is 0 Å². The Morgan fingerprint density at radius 3 is 2.23 bits per heavy atom. The SMILES string of the molecule is CC(C)(C(=O)NOCc1c(Cl)cccc1Cl)c1ccccc1. The van der Waals surface area contributed by atoms with Gasteiger partial charge in [-0.3, -0.25) is 9.63 Å². The van der Waals surface area contributed by atoms with Crippen molar-refractivity contribution in [2.45, 2.75) is 25.9 Å². The van der Waals surface area contributed by atoms with Crippen LogP contribution in [0.15, 0.2) is 48.5 Å². The summed E-state index contributed by atoms with van der Waals surface area (Å²) in [6, 6.07) is 14.7. The first-order valence-electron chi connectivity index (χ1n) is 6.83. The van der Waals surface area contributed by atoms with E-state index in [9.17, 15) is 4.79 Å². The van der Waals surface area contributed by atoms with Crippen LogP contribution in [0.5, 0.6) is 0 Å². The summed E-state index contributed by atoms with van der Waals surface area (Å²) in [6.45, 7) is 3.78. The highest BCUT2D eigenvalue weighted by atomic mass is 35.5. The Balaban J connectivity index is 1.99. The fourth-order valence-corrected chi connectivity index (χ4v) is 2.46. The summed E-state index contributed by atoms with van der Waals surface area (Å²) in [6.07, 6.45) is 0. The quantitative estimate of drug-likeness (QED) is 0.814. The Labute approximate surface area is 140 Å². The summed E-state index contributed by atoms with van der Waals surface area (Å²) < 4.78 is 0. The van der Waals surface area contributed by atoms with Crippen LogP contribution in [0.25, 0.3) is 0 Å². The number of hydrogen-bond donors (Lipinski definition) is 1. The Morgan fingerprint density at radius 1 is 1.05 bits per heavy atom. The van der Waals surface area contributed by atoms with E-state index in [1.54, 1.807) is 18.2 Å². The fraction of sp³-hybridized carbons (Fsp3) is 0.235. The number of rotatable bonds is 5. The van der Waals surface area contributed by atoms with Crippen LogP contribution >= 0.6 is 23.2 Å². The van der Waals surface area contributed by atoms with Gasteiger partial charge in [0, 0.05) is 15.6 Å². The average molecular weight is 338 g/mol. The molecular weight excluding hydrogens is 321 g/mol. The number of carbonyl (C=O) groups excluding carboxylic acids is 1. The minimum Gasteiger partial charge on any atom is -0.272 e. The molecule has 0 heterocycles. The highest BCUT2D eigenvalue weighted by Gasteiger charge is 2.29. The van der Waals surface area contributed by atoms with Crippen molar-refractivity contribution in [3.05, 3.63) is 69.7 Å². The lowest BCUT2D eigenvalue weighted by Crippen LogP contribution is -2.40. The van der Waals surface area contributed by atoms with Gasteiger partial charge < -0.3 is 0 Å². The van der Waals surface area contributed by atoms with Gasteiger partial charge in [-0.25, -0.2) is 5.48 Å². The van der Waals surface area contributed by atoms with E-state index in [0.29, 0.717) is 15.6 Å². The first kappa shape index (κ1) is 16.8. The summed E-state index contributed by atoms with van der Waals surface area (Å²) in [5, 5.41) is 1.01. The molecule has 0 aliphatic heterocycles. The molecule has 1 amide bonds. The van der Waals surface area contributed by atoms with E-state index in [1.807, 2.05) is 44.2 Å². The molecular formula is C17H17Cl2NO2. The predicted octanol–water partition coefficient (Wildman–Crippen LogP) is 4.52. The number of hydroxylamine groups is 1. The second kappa shape index (κ2) is 7.14. The van der Waals surface area contributed by atoms with Crippen molar-refractivity contribution < 1.29 is 9.63 Å². The van der Waals surface area contributed by atoms with Crippen LogP contribution in [0, 0.1) is 0 Å². The zero-order chi connectivity index (χ0) is 16.2. The third-order valence-corrected chi connectivity index (χ3v) is 4.21. The Hall–Kier alpha value is -1.55. The lowest BCUT2D eigenvalue weighted by Gasteiger charge is -2.23. The zero-order valence-corrected chi connectivity index (χ0v) is 13.9. The molecule has 0 unspecified atom stereocenters. The number of nitrogens with one attached hydrogen (secondary N) is 1. The summed E-state index contributed by atoms with van der Waals surface area (Å²) in [7, 11) is 0. The molecule has 0 saturated heterocycles. The van der Waals surface area contributed by atoms with Crippen molar-refractivity contribution in [3.63, 3.8) is 0 Å². The standard InChI is InChI=1S/C17H17Cl2NO2/c1-17(2,12-7-4-3-5-8-12)16(21)20-22-11-13-14(18)9-6-10-15(13)19/h3-10H,11H2,1-2H3,(H,20,21). The van der Waals surface area contributed by atoms with E-state index >= 15 is 0 Å². The van der Waals surface area contributed by atoms with Crippen molar-refractivity contribution in [2.24, 2.45) is 0 Å². The molecule has 0 spiro atoms. The normalized spacial score (nSPS) is 11.3. The topological polar surface area (TPSA) is 38.3 Å². The molecule has 0 bridgehead atoms. The van der Waals surface area contributed by atoms with Gasteiger partial charge in [-0.15, -0.1) is 0 Å². The van der Waals surface area contributed by atoms with Crippen LogP contribution in [0.2, 0.25) is 10.0 Å². The van der Waals surface area contributed by atoms with Crippen LogP contribution in [0.3, 0.4) is 0 Å². The predicted molar refractivity (Wildman–Crippen MR) is 88.9 cm³/mol. The Bertz CT molecular complexity index is 637. The smallest absolute Gasteiger partial charge is 0.253 e. The minimum absolute atomic E-state index is 0.106. The monoisotopic (exact) mass is 337 g/mol. The fourth-order valence-electron chi connectivity index (χ4n) is 1.96. The average Bonchev–Trinajstić information content (AvgIpc) is 2.51. The van der Waals surface area contributed by atoms with Crippen LogP contribution in [-0.2, 0) is 21.7 Å². The molecule has 0 radical (unpaired) electrons. The van der Waals surface area contributed by atoms with Crippen LogP contribution in [0.1, 0.15) is 25.0 Å². The molecule has 2 rings (SSSR count). The summed E-state index contributed by atoms with van der Waals surface area (Å²) >= 11 is 12.1. The van der Waals surface area contributed by atoms with Gasteiger partial charge in [0.15, 0.2) is 0 Å². The van der Waals surface area contributed by atoms with Gasteiger partial charge in [0.2, 0.25) is 0 Å². The van der Waals surface area contributed by atoms with Gasteiger partial charge in [0.1, 0.15) is 6.61 Å². The second-order valence-corrected chi connectivity index (χ2v) is 6.23. The number of benzene rings is 2. The largest absolute Gasteiger partial charge is 0.272 e. The van der Waals surface area contributed by atoms with Crippen molar-refractivity contribution in [1.82, 2.24) is 5.48 Å². The number of hydrogen-bond acceptors (Lipinski definition) is 2. The molecule has 0 aromatic heterocycles. The molecule has 0 aliphatic rings. The van der Waals surface area contributed by atoms with E-state index in [2.05, 4.69) is 5.48 Å². The van der Waals surface area contributed by atoms with Gasteiger partial charge in [0.05, 0.1) is 5.41 Å². The maximum atomic E-state index is 12.3. The Morgan fingerprint density at radius 2 is 1.64 bits per heavy atom. The lowest BCUT2D eigenvalue weighted by molar-refractivity contribution is -0.139. The summed E-state index contributed by atoms with van der Waals surface area (Å²) in [5.41, 5.74) is 3.32. The third-order valence-electron chi connectivity index (χ3n) is 3.51. The molecule has 2 aromatic rings. The molecule has 1 N–H and O–H groups in total. The number of amides is 1. The van der Waals surface area contributed by atoms with E-state index in [-0.39, 0.29) is 12.5 Å². The lowest BCUT2D eigenvalue weighted by atomic mass is 9.84. The van der Waals surface area contributed by atoms with Crippen molar-refractivity contribution in [1.29, 1.82) is 0 Å². The van der Waals surface area contributed by atoms with Gasteiger partial charge >= 0.3 is 0 Å². The van der Waals surface area contributed by atoms with E-state index < -0.39 is 5.41 Å². The molecule has 2 aromatic carbocycles. The van der Waals surface area contributed by atoms with Gasteiger partial charge in [-0.1, -0.05) is 59.6 Å². The second-order valence-electron chi connectivity index (χ2n) is 5.41. The first-order valence-corrected chi connectivity index (χ1v) is 7.59. The third kappa shape index (κ3) is 3.80. The zero-order valence-electron chi connectivity index (χ0n) is 12.4. The molecule has 0 aliphatic carbocycles. The highest BCUT2D eigenvalue weighted by molar-refractivity contribution is 6.35. The molecule has 3 nitrogen and oxygen atoms in total. The Kier molecular flexibility index (Phi) is 5.46. The molecule has 5 heteroatoms. The summed E-state index contributed by atoms with van der Waals surface area (Å²) in [4.78, 5) is 17.6. The van der Waals surface area contributed by atoms with Crippen molar-refractivity contribution in [3.8, 4) is 0 Å². The van der Waals surface area contributed by atoms with E-state index in [4.69, 9.17) is 28.0 Å². The van der Waals surface area contributed by atoms with Crippen LogP contribution in [-0.4, -0.2) is 5.91 Å². The van der Waals surface area contributed by atoms with E-state index in [0.717, 1.165) is 5.56 Å². The first-order chi connectivity index (χ1) is 10.4. The molecule has 0 atom stereocenters. The molecule has 0 fully saturated rings.